The third-order valence-electron chi connectivity index (χ3n) is 2.26. The molecule has 0 aliphatic carbocycles. The Morgan fingerprint density at radius 1 is 1.31 bits per heavy atom. The van der Waals surface area contributed by atoms with E-state index in [0.29, 0.717) is 6.54 Å². The number of nitrogens with one attached hydrogen (secondary N) is 1. The maximum atomic E-state index is 11.6. The quantitative estimate of drug-likeness (QED) is 0.623. The molecule has 0 aliphatic heterocycles. The van der Waals surface area contributed by atoms with E-state index in [0.717, 1.165) is 25.7 Å². The molecule has 0 amide bonds. The Kier molecular flexibility index (Phi) is 8.16. The highest BCUT2D eigenvalue weighted by Gasteiger charge is 2.15. The summed E-state index contributed by atoms with van der Waals surface area (Å²) in [7, 11) is -1.91. The highest BCUT2D eigenvalue weighted by Crippen LogP contribution is 1.99. The molecule has 0 aromatic carbocycles. The molecule has 0 aromatic heterocycles. The van der Waals surface area contributed by atoms with Gasteiger partial charge in [0, 0.05) is 26.6 Å². The van der Waals surface area contributed by atoms with Crippen molar-refractivity contribution in [1.29, 1.82) is 5.26 Å². The molecule has 6 heteroatoms. The second-order valence-electron chi connectivity index (χ2n) is 3.69. The molecule has 0 aromatic rings. The lowest BCUT2D eigenvalue weighted by atomic mass is 10.2. The molecule has 0 fully saturated rings. The summed E-state index contributed by atoms with van der Waals surface area (Å²) in [6.07, 6.45) is 4.38. The zero-order chi connectivity index (χ0) is 12.4. The van der Waals surface area contributed by atoms with Crippen LogP contribution in [0.2, 0.25) is 0 Å². The van der Waals surface area contributed by atoms with Gasteiger partial charge in [-0.2, -0.15) is 18.0 Å². The van der Waals surface area contributed by atoms with Crippen LogP contribution >= 0.6 is 0 Å². The number of nitriles is 1. The molecule has 0 heterocycles. The van der Waals surface area contributed by atoms with Crippen molar-refractivity contribution in [3.05, 3.63) is 0 Å². The van der Waals surface area contributed by atoms with Crippen molar-refractivity contribution in [2.75, 3.05) is 20.1 Å². The molecule has 0 saturated carbocycles. The highest BCUT2D eigenvalue weighted by molar-refractivity contribution is 7.87. The smallest absolute Gasteiger partial charge is 0.202 e. The molecular weight excluding hydrogens is 226 g/mol. The van der Waals surface area contributed by atoms with E-state index in [1.54, 1.807) is 0 Å². The first-order valence-corrected chi connectivity index (χ1v) is 7.06. The zero-order valence-corrected chi connectivity index (χ0v) is 10.9. The Morgan fingerprint density at radius 3 is 2.56 bits per heavy atom. The minimum atomic E-state index is -3.39. The fraction of sp³-hybridized carbons (Fsp3) is 0.900. The summed E-state index contributed by atoms with van der Waals surface area (Å²) in [6.45, 7) is 2.82. The third-order valence-corrected chi connectivity index (χ3v) is 3.84. The van der Waals surface area contributed by atoms with E-state index < -0.39 is 10.2 Å². The lowest BCUT2D eigenvalue weighted by molar-refractivity contribution is 0.462. The SMILES string of the molecule is CCCCCCNS(=O)(=O)N(C)CCC#N. The maximum Gasteiger partial charge on any atom is 0.279 e. The van der Waals surface area contributed by atoms with Crippen molar-refractivity contribution in [3.63, 3.8) is 0 Å². The minimum absolute atomic E-state index is 0.216. The van der Waals surface area contributed by atoms with Gasteiger partial charge >= 0.3 is 0 Å². The molecule has 1 N–H and O–H groups in total. The molecule has 0 saturated heterocycles. The zero-order valence-electron chi connectivity index (χ0n) is 10.1. The Labute approximate surface area is 98.6 Å². The Bertz CT molecular complexity index is 309. The largest absolute Gasteiger partial charge is 0.279 e. The van der Waals surface area contributed by atoms with E-state index in [1.807, 2.05) is 6.07 Å². The molecule has 0 bridgehead atoms. The topological polar surface area (TPSA) is 73.2 Å². The summed E-state index contributed by atoms with van der Waals surface area (Å²) in [5.74, 6) is 0. The van der Waals surface area contributed by atoms with E-state index in [4.69, 9.17) is 5.26 Å². The molecule has 0 atom stereocenters. The number of nitrogens with zero attached hydrogens (tertiary/aromatic N) is 2. The van der Waals surface area contributed by atoms with E-state index in [-0.39, 0.29) is 13.0 Å². The van der Waals surface area contributed by atoms with Crippen LogP contribution in [0.15, 0.2) is 0 Å². The van der Waals surface area contributed by atoms with Gasteiger partial charge in [-0.1, -0.05) is 26.2 Å². The van der Waals surface area contributed by atoms with E-state index in [2.05, 4.69) is 11.6 Å². The second-order valence-corrected chi connectivity index (χ2v) is 5.55. The molecule has 5 nitrogen and oxygen atoms in total. The van der Waals surface area contributed by atoms with Crippen molar-refractivity contribution in [3.8, 4) is 6.07 Å². The molecule has 0 rings (SSSR count). The van der Waals surface area contributed by atoms with Crippen LogP contribution in [0.25, 0.3) is 0 Å². The third kappa shape index (κ3) is 6.77. The molecule has 16 heavy (non-hydrogen) atoms. The Balaban J connectivity index is 3.82. The van der Waals surface area contributed by atoms with E-state index >= 15 is 0 Å². The standard InChI is InChI=1S/C10H21N3O2S/c1-3-4-5-6-9-12-16(14,15)13(2)10-7-8-11/h12H,3-7,9-10H2,1-2H3. The van der Waals surface area contributed by atoms with Gasteiger partial charge in [0.1, 0.15) is 0 Å². The lowest BCUT2D eigenvalue weighted by Gasteiger charge is -2.16. The van der Waals surface area contributed by atoms with Crippen molar-refractivity contribution >= 4 is 10.2 Å². The van der Waals surface area contributed by atoms with Gasteiger partial charge in [-0.25, -0.2) is 4.72 Å². The minimum Gasteiger partial charge on any atom is -0.202 e. The summed E-state index contributed by atoms with van der Waals surface area (Å²) in [5, 5.41) is 8.36. The van der Waals surface area contributed by atoms with Crippen molar-refractivity contribution in [1.82, 2.24) is 9.03 Å². The van der Waals surface area contributed by atoms with Crippen molar-refractivity contribution < 1.29 is 8.42 Å². The van der Waals surface area contributed by atoms with Gasteiger partial charge < -0.3 is 0 Å². The van der Waals surface area contributed by atoms with Crippen molar-refractivity contribution in [2.24, 2.45) is 0 Å². The first-order valence-electron chi connectivity index (χ1n) is 5.62. The van der Waals surface area contributed by atoms with Gasteiger partial charge in [-0.05, 0) is 6.42 Å². The number of unbranched alkanes of at least 4 members (excludes halogenated alkanes) is 3. The van der Waals surface area contributed by atoms with Crippen LogP contribution in [-0.2, 0) is 10.2 Å². The Morgan fingerprint density at radius 2 is 2.00 bits per heavy atom. The fourth-order valence-corrected chi connectivity index (χ4v) is 2.15. The predicted molar refractivity (Wildman–Crippen MR) is 63.9 cm³/mol. The summed E-state index contributed by atoms with van der Waals surface area (Å²) < 4.78 is 26.8. The number of hydrogen-bond donors (Lipinski definition) is 1. The normalized spacial score (nSPS) is 11.6. The maximum absolute atomic E-state index is 11.6. The summed E-state index contributed by atoms with van der Waals surface area (Å²) in [6, 6.07) is 1.92. The monoisotopic (exact) mass is 247 g/mol. The van der Waals surface area contributed by atoms with E-state index in [9.17, 15) is 8.42 Å². The summed E-state index contributed by atoms with van der Waals surface area (Å²) in [4.78, 5) is 0. The van der Waals surface area contributed by atoms with Crippen LogP contribution in [0.1, 0.15) is 39.0 Å². The van der Waals surface area contributed by atoms with Crippen LogP contribution in [0.4, 0.5) is 0 Å². The molecule has 0 aliphatic rings. The summed E-state index contributed by atoms with van der Waals surface area (Å²) >= 11 is 0. The van der Waals surface area contributed by atoms with Crippen LogP contribution in [0.5, 0.6) is 0 Å². The van der Waals surface area contributed by atoms with Gasteiger partial charge in [0.25, 0.3) is 10.2 Å². The average molecular weight is 247 g/mol. The van der Waals surface area contributed by atoms with Gasteiger partial charge in [0.15, 0.2) is 0 Å². The van der Waals surface area contributed by atoms with Crippen LogP contribution < -0.4 is 4.72 Å². The van der Waals surface area contributed by atoms with Crippen LogP contribution in [0, 0.1) is 11.3 Å². The molecule has 0 spiro atoms. The highest BCUT2D eigenvalue weighted by atomic mass is 32.2. The van der Waals surface area contributed by atoms with Gasteiger partial charge in [0.2, 0.25) is 0 Å². The molecule has 94 valence electrons. The average Bonchev–Trinajstić information content (AvgIpc) is 2.25. The van der Waals surface area contributed by atoms with Crippen molar-refractivity contribution in [2.45, 2.75) is 39.0 Å². The van der Waals surface area contributed by atoms with Crippen LogP contribution in [0.3, 0.4) is 0 Å². The first-order chi connectivity index (χ1) is 7.54. The first kappa shape index (κ1) is 15.4. The van der Waals surface area contributed by atoms with Gasteiger partial charge in [-0.15, -0.1) is 0 Å². The second kappa shape index (κ2) is 8.50. The predicted octanol–water partition coefficient (Wildman–Crippen LogP) is 1.25. The molecular formula is C10H21N3O2S. The molecule has 0 unspecified atom stereocenters. The fourth-order valence-electron chi connectivity index (χ4n) is 1.19. The van der Waals surface area contributed by atoms with Gasteiger partial charge in [0.05, 0.1) is 6.07 Å². The summed E-state index contributed by atoms with van der Waals surface area (Å²) in [5.41, 5.74) is 0. The number of rotatable bonds is 9. The Hall–Kier alpha value is -0.640. The van der Waals surface area contributed by atoms with Gasteiger partial charge in [-0.3, -0.25) is 0 Å². The lowest BCUT2D eigenvalue weighted by Crippen LogP contribution is -2.39. The van der Waals surface area contributed by atoms with Crippen LogP contribution in [-0.4, -0.2) is 32.9 Å². The van der Waals surface area contributed by atoms with E-state index in [1.165, 1.54) is 11.4 Å². The number of hydrogen-bond acceptors (Lipinski definition) is 3. The molecule has 0 radical (unpaired) electrons.